The summed E-state index contributed by atoms with van der Waals surface area (Å²) in [6, 6.07) is 9.63. The lowest BCUT2D eigenvalue weighted by Gasteiger charge is -2.29. The van der Waals surface area contributed by atoms with Crippen LogP contribution in [-0.4, -0.2) is 45.1 Å². The fourth-order valence-electron chi connectivity index (χ4n) is 2.25. The van der Waals surface area contributed by atoms with E-state index in [0.717, 1.165) is 5.75 Å². The molecule has 0 radical (unpaired) electrons. The summed E-state index contributed by atoms with van der Waals surface area (Å²) in [6.45, 7) is 2.73. The molecule has 0 aliphatic carbocycles. The minimum Gasteiger partial charge on any atom is -0.488 e. The number of ether oxygens (including phenoxy) is 5. The van der Waals surface area contributed by atoms with E-state index in [4.69, 9.17) is 23.7 Å². The van der Waals surface area contributed by atoms with Crippen molar-refractivity contribution in [2.75, 3.05) is 33.0 Å². The van der Waals surface area contributed by atoms with Crippen LogP contribution < -0.4 is 4.74 Å². The van der Waals surface area contributed by atoms with Gasteiger partial charge in [0.25, 0.3) is 0 Å². The van der Waals surface area contributed by atoms with Gasteiger partial charge >= 0.3 is 0 Å². The maximum absolute atomic E-state index is 5.74. The molecule has 5 heteroatoms. The Morgan fingerprint density at radius 1 is 1.00 bits per heavy atom. The molecule has 2 saturated heterocycles. The lowest BCUT2D eigenvalue weighted by atomic mass is 10.2. The fourth-order valence-corrected chi connectivity index (χ4v) is 2.25. The van der Waals surface area contributed by atoms with Crippen molar-refractivity contribution in [1.82, 2.24) is 0 Å². The number of rotatable bonds is 5. The second kappa shape index (κ2) is 5.88. The standard InChI is InChI=1S/C14H18O5/c1-2-4-12(5-3-1)17-11-14(18-8-9-19-14)10-13-15-6-7-16-13/h1-5,13H,6-11H2. The summed E-state index contributed by atoms with van der Waals surface area (Å²) in [5.41, 5.74) is 0. The van der Waals surface area contributed by atoms with Gasteiger partial charge in [-0.2, -0.15) is 0 Å². The maximum Gasteiger partial charge on any atom is 0.207 e. The molecular weight excluding hydrogens is 248 g/mol. The molecule has 0 N–H and O–H groups in total. The van der Waals surface area contributed by atoms with Crippen molar-refractivity contribution in [2.24, 2.45) is 0 Å². The van der Waals surface area contributed by atoms with Crippen LogP contribution >= 0.6 is 0 Å². The first-order valence-corrected chi connectivity index (χ1v) is 6.55. The van der Waals surface area contributed by atoms with Gasteiger partial charge in [-0.3, -0.25) is 0 Å². The van der Waals surface area contributed by atoms with Crippen LogP contribution in [0.2, 0.25) is 0 Å². The fraction of sp³-hybridized carbons (Fsp3) is 0.571. The minimum atomic E-state index is -0.759. The molecule has 19 heavy (non-hydrogen) atoms. The molecule has 0 unspecified atom stereocenters. The summed E-state index contributed by atoms with van der Waals surface area (Å²) >= 11 is 0. The molecule has 0 spiro atoms. The van der Waals surface area contributed by atoms with Crippen molar-refractivity contribution in [2.45, 2.75) is 18.5 Å². The molecule has 1 aromatic carbocycles. The zero-order chi connectivity index (χ0) is 13.0. The smallest absolute Gasteiger partial charge is 0.207 e. The summed E-state index contributed by atoms with van der Waals surface area (Å²) in [5.74, 6) is 0.0411. The molecule has 2 heterocycles. The number of hydrogen-bond donors (Lipinski definition) is 0. The monoisotopic (exact) mass is 266 g/mol. The van der Waals surface area contributed by atoms with Crippen molar-refractivity contribution < 1.29 is 23.7 Å². The first-order valence-electron chi connectivity index (χ1n) is 6.55. The summed E-state index contributed by atoms with van der Waals surface area (Å²) in [5, 5.41) is 0. The first-order chi connectivity index (χ1) is 9.36. The van der Waals surface area contributed by atoms with Gasteiger partial charge in [0.15, 0.2) is 6.29 Å². The zero-order valence-corrected chi connectivity index (χ0v) is 10.7. The van der Waals surface area contributed by atoms with E-state index in [-0.39, 0.29) is 6.29 Å². The van der Waals surface area contributed by atoms with Crippen LogP contribution in [0.4, 0.5) is 0 Å². The molecule has 2 aliphatic rings. The van der Waals surface area contributed by atoms with E-state index in [1.165, 1.54) is 0 Å². The van der Waals surface area contributed by atoms with Gasteiger partial charge < -0.3 is 23.7 Å². The molecule has 0 aromatic heterocycles. The van der Waals surface area contributed by atoms with Crippen LogP contribution in [0.25, 0.3) is 0 Å². The SMILES string of the molecule is c1ccc(OCC2(CC3OCCO3)OCCO2)cc1. The maximum atomic E-state index is 5.74. The molecule has 104 valence electrons. The summed E-state index contributed by atoms with van der Waals surface area (Å²) in [7, 11) is 0. The molecule has 0 atom stereocenters. The van der Waals surface area contributed by atoms with E-state index in [0.29, 0.717) is 39.5 Å². The Kier molecular flexibility index (Phi) is 3.98. The number of para-hydroxylation sites is 1. The third-order valence-corrected chi connectivity index (χ3v) is 3.18. The average Bonchev–Trinajstić information content (AvgIpc) is 3.11. The third kappa shape index (κ3) is 3.25. The van der Waals surface area contributed by atoms with Gasteiger partial charge in [0.2, 0.25) is 5.79 Å². The molecule has 0 bridgehead atoms. The van der Waals surface area contributed by atoms with Crippen LogP contribution in [-0.2, 0) is 18.9 Å². The second-order valence-electron chi connectivity index (χ2n) is 4.58. The van der Waals surface area contributed by atoms with E-state index < -0.39 is 5.79 Å². The number of benzene rings is 1. The van der Waals surface area contributed by atoms with E-state index in [1.54, 1.807) is 0 Å². The molecule has 1 aromatic rings. The van der Waals surface area contributed by atoms with Crippen molar-refractivity contribution in [3.63, 3.8) is 0 Å². The van der Waals surface area contributed by atoms with Crippen LogP contribution in [0.1, 0.15) is 6.42 Å². The molecule has 2 fully saturated rings. The summed E-state index contributed by atoms with van der Waals surface area (Å²) in [4.78, 5) is 0. The topological polar surface area (TPSA) is 46.2 Å². The lowest BCUT2D eigenvalue weighted by Crippen LogP contribution is -2.41. The molecular formula is C14H18O5. The highest BCUT2D eigenvalue weighted by atomic mass is 16.8. The van der Waals surface area contributed by atoms with Crippen molar-refractivity contribution in [1.29, 1.82) is 0 Å². The Morgan fingerprint density at radius 2 is 1.68 bits per heavy atom. The van der Waals surface area contributed by atoms with Gasteiger partial charge in [-0.15, -0.1) is 0 Å². The van der Waals surface area contributed by atoms with Crippen LogP contribution in [0.15, 0.2) is 30.3 Å². The van der Waals surface area contributed by atoms with Gasteiger partial charge in [0, 0.05) is 0 Å². The Labute approximate surface area is 112 Å². The predicted octanol–water partition coefficient (Wildman–Crippen LogP) is 1.57. The quantitative estimate of drug-likeness (QED) is 0.809. The zero-order valence-electron chi connectivity index (χ0n) is 10.7. The summed E-state index contributed by atoms with van der Waals surface area (Å²) < 4.78 is 28.1. The van der Waals surface area contributed by atoms with Crippen LogP contribution in [0.5, 0.6) is 5.75 Å². The highest BCUT2D eigenvalue weighted by Gasteiger charge is 2.41. The van der Waals surface area contributed by atoms with Gasteiger partial charge in [-0.25, -0.2) is 0 Å². The molecule has 0 amide bonds. The van der Waals surface area contributed by atoms with E-state index in [1.807, 2.05) is 30.3 Å². The Morgan fingerprint density at radius 3 is 2.37 bits per heavy atom. The molecule has 2 aliphatic heterocycles. The average molecular weight is 266 g/mol. The summed E-state index contributed by atoms with van der Waals surface area (Å²) in [6.07, 6.45) is 0.261. The van der Waals surface area contributed by atoms with Gasteiger partial charge in [0.1, 0.15) is 12.4 Å². The van der Waals surface area contributed by atoms with Crippen molar-refractivity contribution >= 4 is 0 Å². The van der Waals surface area contributed by atoms with Crippen molar-refractivity contribution in [3.8, 4) is 5.75 Å². The highest BCUT2D eigenvalue weighted by Crippen LogP contribution is 2.28. The molecule has 0 saturated carbocycles. The highest BCUT2D eigenvalue weighted by molar-refractivity contribution is 5.21. The number of hydrogen-bond acceptors (Lipinski definition) is 5. The minimum absolute atomic E-state index is 0.266. The third-order valence-electron chi connectivity index (χ3n) is 3.18. The molecule has 5 nitrogen and oxygen atoms in total. The van der Waals surface area contributed by atoms with Gasteiger partial charge in [-0.05, 0) is 12.1 Å². The Hall–Kier alpha value is -1.14. The van der Waals surface area contributed by atoms with E-state index in [2.05, 4.69) is 0 Å². The van der Waals surface area contributed by atoms with Crippen LogP contribution in [0.3, 0.4) is 0 Å². The predicted molar refractivity (Wildman–Crippen MR) is 66.9 cm³/mol. The van der Waals surface area contributed by atoms with Gasteiger partial charge in [-0.1, -0.05) is 18.2 Å². The second-order valence-corrected chi connectivity index (χ2v) is 4.58. The largest absolute Gasteiger partial charge is 0.488 e. The van der Waals surface area contributed by atoms with Gasteiger partial charge in [0.05, 0.1) is 32.8 Å². The van der Waals surface area contributed by atoms with Crippen molar-refractivity contribution in [3.05, 3.63) is 30.3 Å². The van der Waals surface area contributed by atoms with E-state index >= 15 is 0 Å². The normalized spacial score (nSPS) is 22.7. The Bertz CT molecular complexity index is 382. The first kappa shape index (κ1) is 12.9. The van der Waals surface area contributed by atoms with Crippen LogP contribution in [0, 0.1) is 0 Å². The molecule has 3 rings (SSSR count). The lowest BCUT2D eigenvalue weighted by molar-refractivity contribution is -0.217. The van der Waals surface area contributed by atoms with E-state index in [9.17, 15) is 0 Å². The Balaban J connectivity index is 1.60.